The number of hydrogen-bond donors (Lipinski definition) is 0. The number of carbonyl (C=O) groups is 1. The molecular weight excluding hydrogens is 529 g/mol. The third-order valence-electron chi connectivity index (χ3n) is 7.15. The molecule has 2 aliphatic rings. The van der Waals surface area contributed by atoms with Crippen molar-refractivity contribution in [3.05, 3.63) is 57.8 Å². The molecule has 5 rings (SSSR count). The molecule has 0 N–H and O–H groups in total. The predicted molar refractivity (Wildman–Crippen MR) is 144 cm³/mol. The number of fused-ring (bicyclic) bond motifs is 7. The number of hydrogen-bond acceptors (Lipinski definition) is 7. The minimum absolute atomic E-state index is 0.00984. The van der Waals surface area contributed by atoms with Gasteiger partial charge in [-0.2, -0.15) is 0 Å². The van der Waals surface area contributed by atoms with Crippen LogP contribution in [0.4, 0.5) is 10.2 Å². The number of anilines is 1. The van der Waals surface area contributed by atoms with Crippen LogP contribution in [0.2, 0.25) is 0 Å². The molecule has 1 atom stereocenters. The predicted octanol–water partition coefficient (Wildman–Crippen LogP) is 2.54. The molecule has 208 valence electrons. The normalized spacial score (nSPS) is 20.1. The SMILES string of the molecule is CCN1C[C@H](C)n2c(c(OC)c3c(=O)n4nc(c32)N(C)S(=O)(=O)CC/C=C\COc2cc(F)ccc2C4)C1=O. The number of halogens is 1. The molecule has 1 amide bonds. The molecule has 2 aliphatic heterocycles. The first-order chi connectivity index (χ1) is 18.6. The molecule has 2 bridgehead atoms. The van der Waals surface area contributed by atoms with Crippen molar-refractivity contribution in [1.82, 2.24) is 19.2 Å². The molecule has 11 nitrogen and oxygen atoms in total. The number of allylic oxidation sites excluding steroid dienone is 1. The zero-order chi connectivity index (χ0) is 28.1. The van der Waals surface area contributed by atoms with Gasteiger partial charge in [0.05, 0.1) is 19.4 Å². The highest BCUT2D eigenvalue weighted by Crippen LogP contribution is 2.41. The van der Waals surface area contributed by atoms with Crippen molar-refractivity contribution in [2.24, 2.45) is 0 Å². The lowest BCUT2D eigenvalue weighted by atomic mass is 10.2. The van der Waals surface area contributed by atoms with Crippen LogP contribution in [0.1, 0.15) is 42.4 Å². The lowest BCUT2D eigenvalue weighted by Crippen LogP contribution is -2.42. The number of sulfonamides is 1. The molecule has 0 fully saturated rings. The van der Waals surface area contributed by atoms with E-state index in [9.17, 15) is 22.4 Å². The van der Waals surface area contributed by atoms with Crippen molar-refractivity contribution in [3.63, 3.8) is 0 Å². The zero-order valence-corrected chi connectivity index (χ0v) is 23.0. The lowest BCUT2D eigenvalue weighted by Gasteiger charge is -2.33. The Labute approximate surface area is 225 Å². The number of benzene rings is 1. The Morgan fingerprint density at radius 1 is 1.23 bits per heavy atom. The summed E-state index contributed by atoms with van der Waals surface area (Å²) in [6.45, 7) is 4.53. The van der Waals surface area contributed by atoms with Gasteiger partial charge in [0.25, 0.3) is 11.5 Å². The van der Waals surface area contributed by atoms with Crippen LogP contribution in [0.3, 0.4) is 0 Å². The maximum Gasteiger partial charge on any atom is 0.280 e. The van der Waals surface area contributed by atoms with Gasteiger partial charge < -0.3 is 18.9 Å². The summed E-state index contributed by atoms with van der Waals surface area (Å²) in [5, 5.41) is 4.57. The number of carbonyl (C=O) groups excluding carboxylic acids is 1. The van der Waals surface area contributed by atoms with Crippen molar-refractivity contribution in [2.45, 2.75) is 32.9 Å². The molecule has 0 unspecified atom stereocenters. The summed E-state index contributed by atoms with van der Waals surface area (Å²) in [4.78, 5) is 29.1. The summed E-state index contributed by atoms with van der Waals surface area (Å²) in [5.41, 5.74) is 0.271. The fourth-order valence-electron chi connectivity index (χ4n) is 5.15. The van der Waals surface area contributed by atoms with Crippen LogP contribution in [0.25, 0.3) is 10.9 Å². The Bertz CT molecular complexity index is 1660. The van der Waals surface area contributed by atoms with Gasteiger partial charge in [-0.15, -0.1) is 5.10 Å². The third kappa shape index (κ3) is 4.44. The highest BCUT2D eigenvalue weighted by Gasteiger charge is 2.38. The van der Waals surface area contributed by atoms with Crippen LogP contribution in [0.5, 0.6) is 11.5 Å². The highest BCUT2D eigenvalue weighted by molar-refractivity contribution is 7.92. The van der Waals surface area contributed by atoms with E-state index in [0.29, 0.717) is 18.7 Å². The number of ether oxygens (including phenoxy) is 2. The zero-order valence-electron chi connectivity index (χ0n) is 22.2. The Hall–Kier alpha value is -3.87. The number of rotatable bonds is 2. The van der Waals surface area contributed by atoms with E-state index in [1.165, 1.54) is 32.4 Å². The molecule has 4 heterocycles. The van der Waals surface area contributed by atoms with Crippen LogP contribution in [0, 0.1) is 5.82 Å². The van der Waals surface area contributed by atoms with Crippen molar-refractivity contribution in [2.75, 3.05) is 43.9 Å². The largest absolute Gasteiger partial charge is 0.493 e. The summed E-state index contributed by atoms with van der Waals surface area (Å²) in [5.74, 6) is -0.765. The fourth-order valence-corrected chi connectivity index (χ4v) is 6.25. The van der Waals surface area contributed by atoms with Gasteiger partial charge in [-0.05, 0) is 26.3 Å². The van der Waals surface area contributed by atoms with Crippen LogP contribution in [-0.2, 0) is 16.6 Å². The van der Waals surface area contributed by atoms with E-state index in [1.807, 2.05) is 13.8 Å². The van der Waals surface area contributed by atoms with Crippen molar-refractivity contribution in [3.8, 4) is 11.5 Å². The summed E-state index contributed by atoms with van der Waals surface area (Å²) >= 11 is 0. The van der Waals surface area contributed by atoms with Gasteiger partial charge in [-0.25, -0.2) is 17.5 Å². The van der Waals surface area contributed by atoms with E-state index in [2.05, 4.69) is 5.10 Å². The van der Waals surface area contributed by atoms with Gasteiger partial charge in [-0.3, -0.25) is 13.9 Å². The number of methoxy groups -OCH3 is 1. The molecule has 39 heavy (non-hydrogen) atoms. The van der Waals surface area contributed by atoms with Crippen LogP contribution in [0.15, 0.2) is 35.1 Å². The summed E-state index contributed by atoms with van der Waals surface area (Å²) < 4.78 is 56.1. The number of nitrogens with zero attached hydrogens (tertiary/aromatic N) is 5. The van der Waals surface area contributed by atoms with Crippen molar-refractivity contribution >= 4 is 32.7 Å². The smallest absolute Gasteiger partial charge is 0.280 e. The van der Waals surface area contributed by atoms with E-state index in [0.717, 1.165) is 8.99 Å². The number of likely N-dealkylation sites (N-methyl/N-ethyl adjacent to an activating group) is 1. The fraction of sp³-hybridized carbons (Fsp3) is 0.423. The molecule has 0 aliphatic carbocycles. The van der Waals surface area contributed by atoms with Gasteiger partial charge in [-0.1, -0.05) is 18.2 Å². The molecule has 0 saturated carbocycles. The number of amides is 1. The van der Waals surface area contributed by atoms with Gasteiger partial charge in [0, 0.05) is 37.8 Å². The Balaban J connectivity index is 1.87. The van der Waals surface area contributed by atoms with Crippen LogP contribution < -0.4 is 19.3 Å². The molecule has 0 saturated heterocycles. The maximum atomic E-state index is 14.1. The molecule has 1 aromatic carbocycles. The topological polar surface area (TPSA) is 116 Å². The van der Waals surface area contributed by atoms with Gasteiger partial charge in [0.15, 0.2) is 17.3 Å². The van der Waals surface area contributed by atoms with E-state index < -0.39 is 21.4 Å². The van der Waals surface area contributed by atoms with Crippen LogP contribution >= 0.6 is 0 Å². The second-order valence-corrected chi connectivity index (χ2v) is 11.7. The Morgan fingerprint density at radius 3 is 2.72 bits per heavy atom. The van der Waals surface area contributed by atoms with E-state index in [4.69, 9.17) is 9.47 Å². The van der Waals surface area contributed by atoms with E-state index in [1.54, 1.807) is 21.6 Å². The third-order valence-corrected chi connectivity index (χ3v) is 8.91. The van der Waals surface area contributed by atoms with Gasteiger partial charge in [0.1, 0.15) is 29.1 Å². The van der Waals surface area contributed by atoms with Crippen molar-refractivity contribution in [1.29, 1.82) is 0 Å². The maximum absolute atomic E-state index is 14.1. The number of aromatic nitrogens is 3. The minimum Gasteiger partial charge on any atom is -0.493 e. The minimum atomic E-state index is -3.88. The Kier molecular flexibility index (Phi) is 6.87. The quantitative estimate of drug-likeness (QED) is 0.443. The van der Waals surface area contributed by atoms with Gasteiger partial charge in [0.2, 0.25) is 10.0 Å². The standard InChI is InChI=1S/C26H30FN5O6S/c1-5-30-14-16(2)32-21-20(23(37-4)22(32)26(30)34)25(33)31-15-17-9-10-18(27)13-19(17)38-11-7-6-8-12-39(35,36)29(3)24(21)28-31/h6-7,9-10,13,16H,5,8,11-12,14-15H2,1-4H3/b7-6-/t16-/m0/s1. The van der Waals surface area contributed by atoms with E-state index in [-0.39, 0.29) is 71.2 Å². The summed E-state index contributed by atoms with van der Waals surface area (Å²) in [7, 11) is -1.13. The molecule has 0 radical (unpaired) electrons. The molecule has 13 heteroatoms. The first-order valence-corrected chi connectivity index (χ1v) is 14.2. The highest BCUT2D eigenvalue weighted by atomic mass is 32.2. The average Bonchev–Trinajstić information content (AvgIpc) is 3.26. The Morgan fingerprint density at radius 2 is 2.00 bits per heavy atom. The second-order valence-electron chi connectivity index (χ2n) is 9.56. The summed E-state index contributed by atoms with van der Waals surface area (Å²) in [6.07, 6.45) is 3.55. The average molecular weight is 560 g/mol. The van der Waals surface area contributed by atoms with Crippen LogP contribution in [-0.4, -0.2) is 73.2 Å². The molecule has 3 aromatic rings. The van der Waals surface area contributed by atoms with Crippen molar-refractivity contribution < 1.29 is 27.1 Å². The lowest BCUT2D eigenvalue weighted by molar-refractivity contribution is 0.0685. The molecule has 0 spiro atoms. The first-order valence-electron chi connectivity index (χ1n) is 12.6. The van der Waals surface area contributed by atoms with Gasteiger partial charge >= 0.3 is 0 Å². The monoisotopic (exact) mass is 559 g/mol. The summed E-state index contributed by atoms with van der Waals surface area (Å²) in [6, 6.07) is 3.68. The molecular formula is C26H30FN5O6S. The van der Waals surface area contributed by atoms with E-state index >= 15 is 0 Å². The second kappa shape index (κ2) is 10.0. The molecule has 2 aromatic heterocycles. The first kappa shape index (κ1) is 26.7.